The van der Waals surface area contributed by atoms with Gasteiger partial charge in [-0.25, -0.2) is 8.42 Å². The minimum atomic E-state index is -4.54. The zero-order chi connectivity index (χ0) is 27.6. The van der Waals surface area contributed by atoms with Gasteiger partial charge in [-0.05, 0) is 60.7 Å². The first kappa shape index (κ1) is 26.9. The number of hydrogen-bond acceptors (Lipinski definition) is 6. The van der Waals surface area contributed by atoms with Gasteiger partial charge in [-0.1, -0.05) is 30.3 Å². The molecule has 204 valence electrons. The summed E-state index contributed by atoms with van der Waals surface area (Å²) < 4.78 is 77.8. The molecule has 1 atom stereocenters. The van der Waals surface area contributed by atoms with Gasteiger partial charge in [0.1, 0.15) is 23.6 Å². The molecule has 1 fully saturated rings. The number of nitrogens with zero attached hydrogens (tertiary/aromatic N) is 2. The van der Waals surface area contributed by atoms with Crippen molar-refractivity contribution in [2.75, 3.05) is 6.54 Å². The summed E-state index contributed by atoms with van der Waals surface area (Å²) in [5.74, 6) is 0.259. The fourth-order valence-electron chi connectivity index (χ4n) is 4.66. The van der Waals surface area contributed by atoms with Crippen LogP contribution in [0.15, 0.2) is 82.4 Å². The molecular weight excluding hydrogens is 533 g/mol. The Hall–Kier alpha value is -3.70. The Kier molecular flexibility index (Phi) is 7.46. The molecule has 1 aliphatic rings. The fourth-order valence-corrected chi connectivity index (χ4v) is 6.29. The molecular formula is C28H25F3N2O5S. The number of halogens is 3. The third-order valence-electron chi connectivity index (χ3n) is 6.62. The molecule has 1 aliphatic heterocycles. The van der Waals surface area contributed by atoms with Crippen LogP contribution in [0.25, 0.3) is 11.0 Å². The summed E-state index contributed by atoms with van der Waals surface area (Å²) >= 11 is 0. The SMILES string of the molecule is O=C(CCc1cccc(OCc2ccnc(C(F)(F)F)c2)c1)C1CCCN1S(=O)(=O)c1cc2ccccc2o1. The smallest absolute Gasteiger partial charge is 0.433 e. The summed E-state index contributed by atoms with van der Waals surface area (Å²) in [6.07, 6.45) is -1.96. The first-order chi connectivity index (χ1) is 18.6. The molecule has 5 rings (SSSR count). The summed E-state index contributed by atoms with van der Waals surface area (Å²) in [5, 5.41) is 0.495. The van der Waals surface area contributed by atoms with E-state index >= 15 is 0 Å². The highest BCUT2D eigenvalue weighted by Crippen LogP contribution is 2.31. The summed E-state index contributed by atoms with van der Waals surface area (Å²) in [4.78, 5) is 16.5. The number of benzene rings is 2. The van der Waals surface area contributed by atoms with E-state index in [9.17, 15) is 26.4 Å². The molecule has 4 aromatic rings. The van der Waals surface area contributed by atoms with E-state index in [0.29, 0.717) is 41.5 Å². The van der Waals surface area contributed by atoms with Gasteiger partial charge >= 0.3 is 6.18 Å². The van der Waals surface area contributed by atoms with Gasteiger partial charge in [0.2, 0.25) is 5.09 Å². The van der Waals surface area contributed by atoms with Crippen LogP contribution in [0.4, 0.5) is 13.2 Å². The van der Waals surface area contributed by atoms with Crippen LogP contribution in [0.1, 0.15) is 36.1 Å². The van der Waals surface area contributed by atoms with Crippen LogP contribution >= 0.6 is 0 Å². The lowest BCUT2D eigenvalue weighted by atomic mass is 10.0. The van der Waals surface area contributed by atoms with Crippen molar-refractivity contribution < 1.29 is 35.5 Å². The average molecular weight is 559 g/mol. The van der Waals surface area contributed by atoms with Crippen LogP contribution in [0.2, 0.25) is 0 Å². The molecule has 0 aliphatic carbocycles. The zero-order valence-corrected chi connectivity index (χ0v) is 21.5. The molecule has 1 saturated heterocycles. The molecule has 2 aromatic heterocycles. The number of Topliss-reactive ketones (excluding diaryl/α,β-unsaturated/α-hetero) is 1. The largest absolute Gasteiger partial charge is 0.489 e. The average Bonchev–Trinajstić information content (AvgIpc) is 3.59. The highest BCUT2D eigenvalue weighted by molar-refractivity contribution is 7.89. The van der Waals surface area contributed by atoms with Crippen molar-refractivity contribution in [2.24, 2.45) is 0 Å². The molecule has 3 heterocycles. The van der Waals surface area contributed by atoms with E-state index in [0.717, 1.165) is 17.8 Å². The van der Waals surface area contributed by atoms with Crippen LogP contribution in [0, 0.1) is 0 Å². The van der Waals surface area contributed by atoms with E-state index in [1.54, 1.807) is 42.5 Å². The number of ketones is 1. The maximum absolute atomic E-state index is 13.3. The maximum Gasteiger partial charge on any atom is 0.433 e. The first-order valence-corrected chi connectivity index (χ1v) is 13.8. The van der Waals surface area contributed by atoms with Crippen molar-refractivity contribution in [3.63, 3.8) is 0 Å². The molecule has 0 bridgehead atoms. The summed E-state index contributed by atoms with van der Waals surface area (Å²) in [7, 11) is -3.98. The highest BCUT2D eigenvalue weighted by Gasteiger charge is 2.40. The van der Waals surface area contributed by atoms with Gasteiger partial charge in [-0.2, -0.15) is 17.5 Å². The number of hydrogen-bond donors (Lipinski definition) is 0. The molecule has 39 heavy (non-hydrogen) atoms. The predicted octanol–water partition coefficient (Wildman–Crippen LogP) is 5.78. The third-order valence-corrected chi connectivity index (χ3v) is 8.38. The second-order valence-corrected chi connectivity index (χ2v) is 11.1. The molecule has 0 spiro atoms. The molecule has 0 N–H and O–H groups in total. The maximum atomic E-state index is 13.3. The second-order valence-electron chi connectivity index (χ2n) is 9.33. The highest BCUT2D eigenvalue weighted by atomic mass is 32.2. The van der Waals surface area contributed by atoms with Gasteiger partial charge in [0.25, 0.3) is 10.0 Å². The van der Waals surface area contributed by atoms with Gasteiger partial charge in [-0.15, -0.1) is 0 Å². The normalized spacial score (nSPS) is 16.5. The molecule has 1 unspecified atom stereocenters. The number of carbonyl (C=O) groups excluding carboxylic acids is 1. The van der Waals surface area contributed by atoms with Crippen LogP contribution in [0.5, 0.6) is 5.75 Å². The molecule has 7 nitrogen and oxygen atoms in total. The number of furan rings is 1. The quantitative estimate of drug-likeness (QED) is 0.259. The van der Waals surface area contributed by atoms with Gasteiger partial charge in [0, 0.05) is 30.6 Å². The third kappa shape index (κ3) is 5.99. The number of ether oxygens (including phenoxy) is 1. The van der Waals surface area contributed by atoms with Crippen molar-refractivity contribution in [3.8, 4) is 5.75 Å². The summed E-state index contributed by atoms with van der Waals surface area (Å²) in [5.41, 5.74) is 0.588. The van der Waals surface area contributed by atoms with Crippen LogP contribution in [-0.2, 0) is 34.0 Å². The Morgan fingerprint density at radius 3 is 2.67 bits per heavy atom. The van der Waals surface area contributed by atoms with Gasteiger partial charge < -0.3 is 9.15 Å². The van der Waals surface area contributed by atoms with E-state index in [1.807, 2.05) is 6.07 Å². The van der Waals surface area contributed by atoms with Gasteiger partial charge in [-0.3, -0.25) is 9.78 Å². The number of aromatic nitrogens is 1. The lowest BCUT2D eigenvalue weighted by molar-refractivity contribution is -0.141. The first-order valence-electron chi connectivity index (χ1n) is 12.4. The molecule has 2 aromatic carbocycles. The molecule has 11 heteroatoms. The van der Waals surface area contributed by atoms with Crippen molar-refractivity contribution >= 4 is 26.8 Å². The minimum Gasteiger partial charge on any atom is -0.489 e. The molecule has 0 amide bonds. The lowest BCUT2D eigenvalue weighted by Crippen LogP contribution is -2.40. The van der Waals surface area contributed by atoms with E-state index in [-0.39, 0.29) is 30.4 Å². The second kappa shape index (κ2) is 10.8. The fraction of sp³-hybridized carbons (Fsp3) is 0.286. The zero-order valence-electron chi connectivity index (χ0n) is 20.7. The topological polar surface area (TPSA) is 89.7 Å². The standard InChI is InChI=1S/C28H25F3N2O5S/c29-28(30,31)26-16-20(12-13-32-26)18-37-22-7-3-5-19(15-22)10-11-24(34)23-8-4-14-33(23)39(35,36)27-17-21-6-1-2-9-25(21)38-27/h1-3,5-7,9,12-13,15-17,23H,4,8,10-11,14,18H2. The lowest BCUT2D eigenvalue weighted by Gasteiger charge is -2.21. The van der Waals surface area contributed by atoms with E-state index < -0.39 is 27.9 Å². The Bertz CT molecular complexity index is 1570. The van der Waals surface area contributed by atoms with Gasteiger partial charge in [0.05, 0.1) is 6.04 Å². The number of fused-ring (bicyclic) bond motifs is 1. The Labute approximate surface area is 223 Å². The Balaban J connectivity index is 1.21. The van der Waals surface area contributed by atoms with Crippen LogP contribution < -0.4 is 4.74 Å². The predicted molar refractivity (Wildman–Crippen MR) is 136 cm³/mol. The van der Waals surface area contributed by atoms with E-state index in [2.05, 4.69) is 4.98 Å². The van der Waals surface area contributed by atoms with Crippen LogP contribution in [-0.4, -0.2) is 36.1 Å². The number of sulfonamides is 1. The molecule has 0 radical (unpaired) electrons. The molecule has 0 saturated carbocycles. The summed E-state index contributed by atoms with van der Waals surface area (Å²) in [6.45, 7) is 0.162. The number of para-hydroxylation sites is 1. The van der Waals surface area contributed by atoms with Crippen molar-refractivity contribution in [1.29, 1.82) is 0 Å². The number of alkyl halides is 3. The number of rotatable bonds is 9. The number of pyridine rings is 1. The Morgan fingerprint density at radius 2 is 1.87 bits per heavy atom. The van der Waals surface area contributed by atoms with Gasteiger partial charge in [0.15, 0.2) is 5.78 Å². The Morgan fingerprint density at radius 1 is 1.05 bits per heavy atom. The van der Waals surface area contributed by atoms with Crippen LogP contribution in [0.3, 0.4) is 0 Å². The minimum absolute atomic E-state index is 0.0787. The number of aryl methyl sites for hydroxylation is 1. The van der Waals surface area contributed by atoms with E-state index in [4.69, 9.17) is 9.15 Å². The number of carbonyl (C=O) groups is 1. The monoisotopic (exact) mass is 558 g/mol. The summed E-state index contributed by atoms with van der Waals surface area (Å²) in [6, 6.07) is 17.0. The van der Waals surface area contributed by atoms with E-state index in [1.165, 1.54) is 16.4 Å². The van der Waals surface area contributed by atoms with Crippen molar-refractivity contribution in [2.45, 2.75) is 49.6 Å². The van der Waals surface area contributed by atoms with Crippen molar-refractivity contribution in [3.05, 3.63) is 89.7 Å². The van der Waals surface area contributed by atoms with Crippen molar-refractivity contribution in [1.82, 2.24) is 9.29 Å².